The van der Waals surface area contributed by atoms with Crippen LogP contribution in [-0.2, 0) is 16.2 Å². The molecule has 3 atom stereocenters. The molecule has 3 heterocycles. The number of benzene rings is 3. The first kappa shape index (κ1) is 26.2. The number of anilines is 1. The average Bonchev–Trinajstić information content (AvgIpc) is 3.43. The SMILES string of the molecule is COc1ccc(N2C(=O)C3Sc4[nH]c(=O)sc4C(c4cc(Br)ccc4OCc4ccc(Cl)cc4)C3C2=O)cc1. The Morgan fingerprint density at radius 3 is 2.46 bits per heavy atom. The molecule has 4 aromatic rings. The molecule has 7 nitrogen and oxygen atoms in total. The predicted octanol–water partition coefficient (Wildman–Crippen LogP) is 6.24. The maximum absolute atomic E-state index is 14.0. The number of aromatic nitrogens is 1. The number of nitrogens with zero attached hydrogens (tertiary/aromatic N) is 1. The van der Waals surface area contributed by atoms with Crippen LogP contribution < -0.4 is 19.2 Å². The Balaban J connectivity index is 1.43. The summed E-state index contributed by atoms with van der Waals surface area (Å²) < 4.78 is 12.3. The van der Waals surface area contributed by atoms with Crippen molar-refractivity contribution in [1.29, 1.82) is 0 Å². The van der Waals surface area contributed by atoms with Gasteiger partial charge in [0.25, 0.3) is 0 Å². The highest BCUT2D eigenvalue weighted by molar-refractivity contribution is 9.10. The number of hydrogen-bond donors (Lipinski definition) is 1. The van der Waals surface area contributed by atoms with Crippen LogP contribution in [-0.4, -0.2) is 29.2 Å². The summed E-state index contributed by atoms with van der Waals surface area (Å²) in [5.41, 5.74) is 2.13. The Hall–Kier alpha value is -3.05. The molecule has 1 aromatic heterocycles. The van der Waals surface area contributed by atoms with Crippen molar-refractivity contribution in [2.24, 2.45) is 5.92 Å². The molecule has 3 unspecified atom stereocenters. The Morgan fingerprint density at radius 1 is 1.00 bits per heavy atom. The van der Waals surface area contributed by atoms with Gasteiger partial charge in [-0.15, -0.1) is 0 Å². The molecule has 0 radical (unpaired) electrons. The number of imide groups is 1. The molecule has 1 N–H and O–H groups in total. The van der Waals surface area contributed by atoms with Gasteiger partial charge in [0.15, 0.2) is 0 Å². The zero-order valence-electron chi connectivity index (χ0n) is 20.4. The fraction of sp³-hybridized carbons (Fsp3) is 0.179. The fourth-order valence-corrected chi connectivity index (χ4v) is 7.98. The number of fused-ring (bicyclic) bond motifs is 2. The third-order valence-corrected chi connectivity index (χ3v) is 9.92. The highest BCUT2D eigenvalue weighted by atomic mass is 79.9. The maximum Gasteiger partial charge on any atom is 0.305 e. The van der Waals surface area contributed by atoms with Crippen molar-refractivity contribution in [3.8, 4) is 11.5 Å². The molecule has 2 amide bonds. The van der Waals surface area contributed by atoms with Gasteiger partial charge in [0, 0.05) is 25.9 Å². The summed E-state index contributed by atoms with van der Waals surface area (Å²) in [4.78, 5) is 44.8. The molecule has 6 rings (SSSR count). The molecular weight excluding hydrogens is 624 g/mol. The van der Waals surface area contributed by atoms with Crippen LogP contribution in [0.25, 0.3) is 0 Å². The van der Waals surface area contributed by atoms with Crippen molar-refractivity contribution in [1.82, 2.24) is 4.98 Å². The summed E-state index contributed by atoms with van der Waals surface area (Å²) in [6.45, 7) is 0.280. The predicted molar refractivity (Wildman–Crippen MR) is 155 cm³/mol. The van der Waals surface area contributed by atoms with Crippen LogP contribution in [0.2, 0.25) is 5.02 Å². The number of halogens is 2. The summed E-state index contributed by atoms with van der Waals surface area (Å²) in [6, 6.07) is 19.8. The second-order valence-electron chi connectivity index (χ2n) is 9.06. The molecule has 11 heteroatoms. The van der Waals surface area contributed by atoms with Crippen LogP contribution in [0.15, 0.2) is 81.0 Å². The van der Waals surface area contributed by atoms with Crippen LogP contribution in [0.4, 0.5) is 5.69 Å². The van der Waals surface area contributed by atoms with Gasteiger partial charge in [0.2, 0.25) is 11.8 Å². The fourth-order valence-electron chi connectivity index (χ4n) is 4.97. The summed E-state index contributed by atoms with van der Waals surface area (Å²) in [7, 11) is 1.56. The third-order valence-electron chi connectivity index (χ3n) is 6.77. The van der Waals surface area contributed by atoms with E-state index in [2.05, 4.69) is 20.9 Å². The highest BCUT2D eigenvalue weighted by Gasteiger charge is 2.56. The van der Waals surface area contributed by atoms with Gasteiger partial charge in [-0.25, -0.2) is 4.90 Å². The highest BCUT2D eigenvalue weighted by Crippen LogP contribution is 2.54. The Kier molecular flexibility index (Phi) is 7.05. The largest absolute Gasteiger partial charge is 0.497 e. The Morgan fingerprint density at radius 2 is 1.74 bits per heavy atom. The lowest BCUT2D eigenvalue weighted by Crippen LogP contribution is -2.32. The van der Waals surface area contributed by atoms with E-state index >= 15 is 0 Å². The number of ether oxygens (including phenoxy) is 2. The number of carbonyl (C=O) groups is 2. The minimum atomic E-state index is -0.726. The third kappa shape index (κ3) is 4.80. The molecule has 0 spiro atoms. The number of rotatable bonds is 6. The topological polar surface area (TPSA) is 88.7 Å². The number of thioether (sulfide) groups is 1. The van der Waals surface area contributed by atoms with Crippen molar-refractivity contribution in [2.45, 2.75) is 22.8 Å². The van der Waals surface area contributed by atoms with E-state index in [0.717, 1.165) is 31.8 Å². The molecule has 1 fully saturated rings. The van der Waals surface area contributed by atoms with E-state index in [1.54, 1.807) is 43.5 Å². The van der Waals surface area contributed by atoms with Crippen LogP contribution >= 0.6 is 50.6 Å². The van der Waals surface area contributed by atoms with Crippen LogP contribution in [0.1, 0.15) is 21.9 Å². The molecule has 1 saturated heterocycles. The van der Waals surface area contributed by atoms with Crippen LogP contribution in [0.5, 0.6) is 11.5 Å². The average molecular weight is 644 g/mol. The minimum Gasteiger partial charge on any atom is -0.497 e. The first-order valence-electron chi connectivity index (χ1n) is 11.9. The van der Waals surface area contributed by atoms with Gasteiger partial charge in [0.1, 0.15) is 23.4 Å². The summed E-state index contributed by atoms with van der Waals surface area (Å²) in [6.07, 6.45) is 0. The molecule has 2 aliphatic rings. The molecular formula is C28H20BrClN2O5S2. The quantitative estimate of drug-likeness (QED) is 0.251. The number of methoxy groups -OCH3 is 1. The molecule has 3 aromatic carbocycles. The van der Waals surface area contributed by atoms with Gasteiger partial charge in [-0.2, -0.15) is 0 Å². The molecule has 39 heavy (non-hydrogen) atoms. The normalized spacial score (nSPS) is 20.1. The number of thiazole rings is 1. The number of nitrogens with one attached hydrogen (secondary N) is 1. The summed E-state index contributed by atoms with van der Waals surface area (Å²) in [5, 5.41) is 0.539. The van der Waals surface area contributed by atoms with Crippen LogP contribution in [0.3, 0.4) is 0 Å². The van der Waals surface area contributed by atoms with Gasteiger partial charge in [-0.1, -0.05) is 62.8 Å². The van der Waals surface area contributed by atoms with Gasteiger partial charge < -0.3 is 14.5 Å². The van der Waals surface area contributed by atoms with Crippen molar-refractivity contribution in [2.75, 3.05) is 12.0 Å². The summed E-state index contributed by atoms with van der Waals surface area (Å²) in [5.74, 6) is -0.731. The van der Waals surface area contributed by atoms with Gasteiger partial charge in [-0.3, -0.25) is 14.4 Å². The van der Waals surface area contributed by atoms with Gasteiger partial charge in [0.05, 0.1) is 23.7 Å². The van der Waals surface area contributed by atoms with E-state index < -0.39 is 17.1 Å². The smallest absolute Gasteiger partial charge is 0.305 e. The van der Waals surface area contributed by atoms with Crippen molar-refractivity contribution in [3.63, 3.8) is 0 Å². The van der Waals surface area contributed by atoms with Gasteiger partial charge in [-0.05, 0) is 60.2 Å². The number of carbonyl (C=O) groups excluding carboxylic acids is 2. The van der Waals surface area contributed by atoms with E-state index in [1.807, 2.05) is 30.3 Å². The lowest BCUT2D eigenvalue weighted by Gasteiger charge is -2.31. The second-order valence-corrected chi connectivity index (χ2v) is 12.6. The van der Waals surface area contributed by atoms with E-state index in [9.17, 15) is 14.4 Å². The maximum atomic E-state index is 14.0. The number of amides is 2. The Labute approximate surface area is 245 Å². The van der Waals surface area contributed by atoms with Gasteiger partial charge >= 0.3 is 4.87 Å². The molecule has 0 saturated carbocycles. The molecule has 0 aliphatic carbocycles. The molecule has 198 valence electrons. The van der Waals surface area contributed by atoms with Crippen molar-refractivity contribution >= 4 is 68.1 Å². The first-order valence-corrected chi connectivity index (χ1v) is 14.8. The lowest BCUT2D eigenvalue weighted by atomic mass is 9.82. The number of hydrogen-bond acceptors (Lipinski definition) is 7. The number of aromatic amines is 1. The van der Waals surface area contributed by atoms with Crippen molar-refractivity contribution < 1.29 is 19.1 Å². The zero-order chi connectivity index (χ0) is 27.3. The Bertz CT molecular complexity index is 1640. The number of H-pyrrole nitrogens is 1. The van der Waals surface area contributed by atoms with E-state index in [-0.39, 0.29) is 23.3 Å². The van der Waals surface area contributed by atoms with E-state index in [0.29, 0.717) is 27.2 Å². The second kappa shape index (κ2) is 10.5. The monoisotopic (exact) mass is 642 g/mol. The first-order chi connectivity index (χ1) is 18.8. The van der Waals surface area contributed by atoms with E-state index in [4.69, 9.17) is 21.1 Å². The molecule has 0 bridgehead atoms. The van der Waals surface area contributed by atoms with E-state index in [1.165, 1.54) is 16.7 Å². The standard InChI is InChI=1S/C28H20BrClN2O5S2/c1-36-18-9-7-17(8-10-18)32-26(33)22-21(23-25(31-28(35)39-23)38-24(22)27(32)34)19-12-15(29)4-11-20(19)37-13-14-2-5-16(30)6-3-14/h2-12,21-22,24H,13H2,1H3,(H,31,35). The zero-order valence-corrected chi connectivity index (χ0v) is 24.3. The van der Waals surface area contributed by atoms with Crippen LogP contribution in [0, 0.1) is 5.92 Å². The minimum absolute atomic E-state index is 0.233. The summed E-state index contributed by atoms with van der Waals surface area (Å²) >= 11 is 11.9. The lowest BCUT2D eigenvalue weighted by molar-refractivity contribution is -0.122. The van der Waals surface area contributed by atoms with Crippen molar-refractivity contribution in [3.05, 3.63) is 102 Å². The molecule has 2 aliphatic heterocycles.